The molecule has 7 heteroatoms. The third-order valence-corrected chi connectivity index (χ3v) is 5.75. The number of nitrogens with one attached hydrogen (secondary N) is 2. The zero-order chi connectivity index (χ0) is 18.4. The first-order valence-corrected chi connectivity index (χ1v) is 9.81. The van der Waals surface area contributed by atoms with Crippen molar-refractivity contribution in [3.63, 3.8) is 0 Å². The van der Waals surface area contributed by atoms with Crippen molar-refractivity contribution in [3.8, 4) is 0 Å². The average molecular weight is 489 g/mol. The lowest BCUT2D eigenvalue weighted by atomic mass is 9.95. The summed E-state index contributed by atoms with van der Waals surface area (Å²) in [7, 11) is 1.79. The molecule has 0 amide bonds. The van der Waals surface area contributed by atoms with Gasteiger partial charge in [-0.1, -0.05) is 25.1 Å². The van der Waals surface area contributed by atoms with E-state index in [-0.39, 0.29) is 35.2 Å². The zero-order valence-corrected chi connectivity index (χ0v) is 18.8. The maximum atomic E-state index is 14.1. The van der Waals surface area contributed by atoms with Crippen LogP contribution in [0.25, 0.3) is 0 Å². The van der Waals surface area contributed by atoms with Gasteiger partial charge < -0.3 is 15.5 Å². The monoisotopic (exact) mass is 489 g/mol. The molecule has 1 heterocycles. The van der Waals surface area contributed by atoms with Crippen molar-refractivity contribution < 1.29 is 4.39 Å². The van der Waals surface area contributed by atoms with E-state index in [1.54, 1.807) is 19.2 Å². The number of benzene rings is 1. The fraction of sp³-hybridized carbons (Fsp3) is 0.650. The van der Waals surface area contributed by atoms with Gasteiger partial charge in [0.15, 0.2) is 5.96 Å². The molecule has 1 aliphatic carbocycles. The first kappa shape index (κ1) is 22.4. The number of hydrogen-bond donors (Lipinski definition) is 2. The lowest BCUT2D eigenvalue weighted by Gasteiger charge is -2.34. The highest BCUT2D eigenvalue weighted by atomic mass is 127. The summed E-state index contributed by atoms with van der Waals surface area (Å²) in [5.74, 6) is 0.709. The average Bonchev–Trinajstić information content (AvgIpc) is 3.46. The number of piperazine rings is 1. The Morgan fingerprint density at radius 1 is 1.11 bits per heavy atom. The molecule has 0 bridgehead atoms. The fourth-order valence-corrected chi connectivity index (χ4v) is 3.72. The Balaban J connectivity index is 0.00000261. The Morgan fingerprint density at radius 2 is 1.78 bits per heavy atom. The molecule has 5 nitrogen and oxygen atoms in total. The van der Waals surface area contributed by atoms with Gasteiger partial charge >= 0.3 is 0 Å². The first-order valence-electron chi connectivity index (χ1n) is 9.81. The summed E-state index contributed by atoms with van der Waals surface area (Å²) in [6.07, 6.45) is 2.05. The van der Waals surface area contributed by atoms with Crippen molar-refractivity contribution in [1.82, 2.24) is 20.4 Å². The lowest BCUT2D eigenvalue weighted by Crippen LogP contribution is -2.49. The van der Waals surface area contributed by atoms with Gasteiger partial charge in [-0.05, 0) is 31.0 Å². The molecule has 0 spiro atoms. The molecular formula is C20H33FIN5. The standard InChI is InChI=1S/C20H32FN5.HI/c1-3-25-12-14-26(15-13-25)11-10-23-19(22-2)24-16-20(8-9-20)17-6-4-5-7-18(17)21;/h4-7H,3,8-16H2,1-2H3,(H2,22,23,24);1H. The van der Waals surface area contributed by atoms with E-state index in [2.05, 4.69) is 32.3 Å². The Hall–Kier alpha value is -0.930. The number of hydrogen-bond acceptors (Lipinski definition) is 3. The van der Waals surface area contributed by atoms with Crippen LogP contribution in [-0.2, 0) is 5.41 Å². The largest absolute Gasteiger partial charge is 0.356 e. The highest BCUT2D eigenvalue weighted by molar-refractivity contribution is 14.0. The van der Waals surface area contributed by atoms with Crippen LogP contribution in [0, 0.1) is 5.82 Å². The van der Waals surface area contributed by atoms with E-state index in [1.165, 1.54) is 0 Å². The summed E-state index contributed by atoms with van der Waals surface area (Å²) in [5.41, 5.74) is 0.760. The molecule has 0 aromatic heterocycles. The van der Waals surface area contributed by atoms with Gasteiger partial charge in [-0.15, -0.1) is 24.0 Å². The van der Waals surface area contributed by atoms with Gasteiger partial charge in [-0.25, -0.2) is 4.39 Å². The van der Waals surface area contributed by atoms with E-state index in [1.807, 2.05) is 12.1 Å². The minimum absolute atomic E-state index is 0. The van der Waals surface area contributed by atoms with Gasteiger partial charge in [0.2, 0.25) is 0 Å². The van der Waals surface area contributed by atoms with Crippen molar-refractivity contribution in [2.45, 2.75) is 25.2 Å². The van der Waals surface area contributed by atoms with Crippen LogP contribution in [0.2, 0.25) is 0 Å². The van der Waals surface area contributed by atoms with E-state index >= 15 is 0 Å². The second kappa shape index (κ2) is 10.6. The van der Waals surface area contributed by atoms with E-state index in [0.29, 0.717) is 0 Å². The number of halogens is 2. The highest BCUT2D eigenvalue weighted by Gasteiger charge is 2.45. The molecule has 0 atom stereocenters. The van der Waals surface area contributed by atoms with Gasteiger partial charge in [-0.3, -0.25) is 9.89 Å². The first-order chi connectivity index (χ1) is 12.7. The highest BCUT2D eigenvalue weighted by Crippen LogP contribution is 2.48. The molecule has 27 heavy (non-hydrogen) atoms. The molecule has 1 saturated heterocycles. The summed E-state index contributed by atoms with van der Waals surface area (Å²) in [6, 6.07) is 7.14. The normalized spacial score (nSPS) is 20.0. The van der Waals surface area contributed by atoms with Crippen molar-refractivity contribution in [2.75, 3.05) is 59.4 Å². The maximum Gasteiger partial charge on any atom is 0.191 e. The van der Waals surface area contributed by atoms with Gasteiger partial charge in [0.25, 0.3) is 0 Å². The Morgan fingerprint density at radius 3 is 2.37 bits per heavy atom. The Kier molecular flexibility index (Phi) is 8.75. The SMILES string of the molecule is CCN1CCN(CCNC(=NC)NCC2(c3ccccc3F)CC2)CC1.I. The number of guanidine groups is 1. The summed E-state index contributed by atoms with van der Waals surface area (Å²) < 4.78 is 14.1. The minimum Gasteiger partial charge on any atom is -0.356 e. The smallest absolute Gasteiger partial charge is 0.191 e. The van der Waals surface area contributed by atoms with Crippen LogP contribution in [0.1, 0.15) is 25.3 Å². The van der Waals surface area contributed by atoms with Crippen molar-refractivity contribution in [3.05, 3.63) is 35.6 Å². The molecule has 3 rings (SSSR count). The molecule has 0 radical (unpaired) electrons. The molecule has 1 aliphatic heterocycles. The van der Waals surface area contributed by atoms with Crippen molar-refractivity contribution in [2.24, 2.45) is 4.99 Å². The summed E-state index contributed by atoms with van der Waals surface area (Å²) in [4.78, 5) is 9.30. The Labute approximate surface area is 179 Å². The molecule has 1 aromatic rings. The van der Waals surface area contributed by atoms with Crippen LogP contribution in [0.15, 0.2) is 29.3 Å². The van der Waals surface area contributed by atoms with Crippen LogP contribution < -0.4 is 10.6 Å². The van der Waals surface area contributed by atoms with Crippen LogP contribution in [0.3, 0.4) is 0 Å². The van der Waals surface area contributed by atoms with Gasteiger partial charge in [-0.2, -0.15) is 0 Å². The van der Waals surface area contributed by atoms with Gasteiger partial charge in [0, 0.05) is 58.3 Å². The van der Waals surface area contributed by atoms with E-state index in [9.17, 15) is 4.39 Å². The van der Waals surface area contributed by atoms with E-state index in [4.69, 9.17) is 0 Å². The van der Waals surface area contributed by atoms with Crippen LogP contribution in [-0.4, -0.2) is 75.2 Å². The number of aliphatic imine (C=N–C) groups is 1. The van der Waals surface area contributed by atoms with Gasteiger partial charge in [0.1, 0.15) is 5.82 Å². The zero-order valence-electron chi connectivity index (χ0n) is 16.5. The van der Waals surface area contributed by atoms with Crippen LogP contribution in [0.4, 0.5) is 4.39 Å². The topological polar surface area (TPSA) is 42.9 Å². The van der Waals surface area contributed by atoms with E-state index < -0.39 is 0 Å². The van der Waals surface area contributed by atoms with Crippen LogP contribution >= 0.6 is 24.0 Å². The minimum atomic E-state index is -0.0963. The fourth-order valence-electron chi connectivity index (χ4n) is 3.72. The molecule has 152 valence electrons. The van der Waals surface area contributed by atoms with Crippen molar-refractivity contribution in [1.29, 1.82) is 0 Å². The molecule has 2 fully saturated rings. The third kappa shape index (κ3) is 6.02. The quantitative estimate of drug-likeness (QED) is 0.351. The summed E-state index contributed by atoms with van der Waals surface area (Å²) in [5, 5.41) is 6.80. The molecule has 2 aliphatic rings. The summed E-state index contributed by atoms with van der Waals surface area (Å²) >= 11 is 0. The Bertz CT molecular complexity index is 612. The predicted octanol–water partition coefficient (Wildman–Crippen LogP) is 2.28. The molecular weight excluding hydrogens is 456 g/mol. The third-order valence-electron chi connectivity index (χ3n) is 5.75. The van der Waals surface area contributed by atoms with Crippen LogP contribution in [0.5, 0.6) is 0 Å². The number of rotatable bonds is 7. The van der Waals surface area contributed by atoms with E-state index in [0.717, 1.165) is 76.7 Å². The van der Waals surface area contributed by atoms with Gasteiger partial charge in [0.05, 0.1) is 0 Å². The second-order valence-electron chi connectivity index (χ2n) is 7.39. The predicted molar refractivity (Wildman–Crippen MR) is 121 cm³/mol. The molecule has 2 N–H and O–H groups in total. The second-order valence-corrected chi connectivity index (χ2v) is 7.39. The maximum absolute atomic E-state index is 14.1. The lowest BCUT2D eigenvalue weighted by molar-refractivity contribution is 0.139. The number of likely N-dealkylation sites (N-methyl/N-ethyl adjacent to an activating group) is 1. The molecule has 1 saturated carbocycles. The molecule has 1 aromatic carbocycles. The molecule has 0 unspecified atom stereocenters. The number of nitrogens with zero attached hydrogens (tertiary/aromatic N) is 3. The summed E-state index contributed by atoms with van der Waals surface area (Å²) in [6.45, 7) is 10.6. The van der Waals surface area contributed by atoms with Crippen molar-refractivity contribution >= 4 is 29.9 Å².